The highest BCUT2D eigenvalue weighted by Gasteiger charge is 2.05. The smallest absolute Gasteiger partial charge is 0.227 e. The van der Waals surface area contributed by atoms with Crippen LogP contribution in [0.4, 0.5) is 5.95 Å². The summed E-state index contributed by atoms with van der Waals surface area (Å²) in [4.78, 5) is 19.7. The van der Waals surface area contributed by atoms with E-state index in [1.807, 2.05) is 19.1 Å². The zero-order chi connectivity index (χ0) is 14.4. The van der Waals surface area contributed by atoms with Gasteiger partial charge in [0, 0.05) is 29.0 Å². The predicted octanol–water partition coefficient (Wildman–Crippen LogP) is 2.71. The molecule has 0 spiro atoms. The molecule has 0 aliphatic carbocycles. The van der Waals surface area contributed by atoms with Crippen LogP contribution in [0.2, 0.25) is 0 Å². The van der Waals surface area contributed by atoms with Gasteiger partial charge in [-0.15, -0.1) is 11.8 Å². The average molecular weight is 286 g/mol. The quantitative estimate of drug-likeness (QED) is 0.828. The molecule has 0 aliphatic heterocycles. The number of hydrogen-bond donors (Lipinski definition) is 2. The predicted molar refractivity (Wildman–Crippen MR) is 78.5 cm³/mol. The molecule has 0 unspecified atom stereocenters. The van der Waals surface area contributed by atoms with Gasteiger partial charge in [-0.05, 0) is 31.2 Å². The van der Waals surface area contributed by atoms with E-state index in [1.165, 1.54) is 0 Å². The third kappa shape index (κ3) is 4.14. The molecule has 0 aliphatic rings. The molecule has 1 heterocycles. The van der Waals surface area contributed by atoms with Gasteiger partial charge in [-0.25, -0.2) is 4.98 Å². The average Bonchev–Trinajstić information content (AvgIpc) is 2.85. The summed E-state index contributed by atoms with van der Waals surface area (Å²) in [5, 5.41) is 11.4. The van der Waals surface area contributed by atoms with Crippen molar-refractivity contribution in [3.8, 4) is 6.07 Å². The first-order valence-corrected chi connectivity index (χ1v) is 7.10. The second-order valence-electron chi connectivity index (χ2n) is 4.20. The molecule has 1 aromatic carbocycles. The number of aromatic amines is 1. The second-order valence-corrected chi connectivity index (χ2v) is 5.37. The Morgan fingerprint density at radius 3 is 2.80 bits per heavy atom. The first-order chi connectivity index (χ1) is 9.67. The summed E-state index contributed by atoms with van der Waals surface area (Å²) >= 11 is 1.58. The van der Waals surface area contributed by atoms with Gasteiger partial charge in [0.05, 0.1) is 11.6 Å². The number of H-pyrrole nitrogens is 1. The molecule has 102 valence electrons. The van der Waals surface area contributed by atoms with Gasteiger partial charge in [0.1, 0.15) is 0 Å². The summed E-state index contributed by atoms with van der Waals surface area (Å²) in [5.74, 6) is 1.09. The molecule has 0 saturated carbocycles. The molecule has 2 rings (SSSR count). The Balaban J connectivity index is 1.75. The lowest BCUT2D eigenvalue weighted by Gasteiger charge is -2.02. The molecule has 0 saturated heterocycles. The highest BCUT2D eigenvalue weighted by atomic mass is 32.2. The summed E-state index contributed by atoms with van der Waals surface area (Å²) in [6.07, 6.45) is 2.07. The number of hydrogen-bond acceptors (Lipinski definition) is 4. The van der Waals surface area contributed by atoms with E-state index in [1.54, 1.807) is 30.1 Å². The van der Waals surface area contributed by atoms with Crippen LogP contribution in [0.5, 0.6) is 0 Å². The lowest BCUT2D eigenvalue weighted by Crippen LogP contribution is -2.13. The van der Waals surface area contributed by atoms with Crippen molar-refractivity contribution in [2.45, 2.75) is 18.2 Å². The molecule has 1 amide bonds. The van der Waals surface area contributed by atoms with Gasteiger partial charge >= 0.3 is 0 Å². The number of imidazole rings is 1. The molecule has 6 heteroatoms. The number of carbonyl (C=O) groups is 1. The Labute approximate surface area is 121 Å². The molecular formula is C14H14N4OS. The standard InChI is InChI=1S/C14H14N4OS/c1-10-9-16-14(17-10)18-13(19)6-7-20-12-4-2-11(8-15)3-5-12/h2-5,9H,6-7H2,1H3,(H2,16,17,18,19). The largest absolute Gasteiger partial charge is 0.328 e. The summed E-state index contributed by atoms with van der Waals surface area (Å²) in [7, 11) is 0. The van der Waals surface area contributed by atoms with E-state index >= 15 is 0 Å². The Morgan fingerprint density at radius 2 is 2.20 bits per heavy atom. The first-order valence-electron chi connectivity index (χ1n) is 6.12. The number of aryl methyl sites for hydroxylation is 1. The number of nitriles is 1. The maximum absolute atomic E-state index is 11.7. The van der Waals surface area contributed by atoms with Crippen molar-refractivity contribution in [2.75, 3.05) is 11.1 Å². The van der Waals surface area contributed by atoms with Crippen molar-refractivity contribution in [1.29, 1.82) is 5.26 Å². The van der Waals surface area contributed by atoms with Gasteiger partial charge in [-0.3, -0.25) is 10.1 Å². The van der Waals surface area contributed by atoms with Crippen molar-refractivity contribution in [2.24, 2.45) is 0 Å². The highest BCUT2D eigenvalue weighted by Crippen LogP contribution is 2.19. The van der Waals surface area contributed by atoms with E-state index in [0.717, 1.165) is 10.6 Å². The number of benzene rings is 1. The monoisotopic (exact) mass is 286 g/mol. The van der Waals surface area contributed by atoms with E-state index in [9.17, 15) is 4.79 Å². The van der Waals surface area contributed by atoms with Crippen LogP contribution in [0.15, 0.2) is 35.4 Å². The number of nitrogens with zero attached hydrogens (tertiary/aromatic N) is 2. The molecule has 5 nitrogen and oxygen atoms in total. The normalized spacial score (nSPS) is 10.0. The van der Waals surface area contributed by atoms with Crippen molar-refractivity contribution < 1.29 is 4.79 Å². The minimum Gasteiger partial charge on any atom is -0.328 e. The van der Waals surface area contributed by atoms with Crippen LogP contribution in [-0.4, -0.2) is 21.6 Å². The van der Waals surface area contributed by atoms with Crippen molar-refractivity contribution in [3.63, 3.8) is 0 Å². The van der Waals surface area contributed by atoms with Gasteiger partial charge in [-0.1, -0.05) is 0 Å². The number of carbonyl (C=O) groups excluding carboxylic acids is 1. The highest BCUT2D eigenvalue weighted by molar-refractivity contribution is 7.99. The number of nitrogens with one attached hydrogen (secondary N) is 2. The molecular weight excluding hydrogens is 272 g/mol. The lowest BCUT2D eigenvalue weighted by atomic mass is 10.2. The van der Waals surface area contributed by atoms with Gasteiger partial charge in [0.2, 0.25) is 11.9 Å². The summed E-state index contributed by atoms with van der Waals surface area (Å²) < 4.78 is 0. The zero-order valence-electron chi connectivity index (χ0n) is 11.0. The fourth-order valence-electron chi connectivity index (χ4n) is 1.56. The SMILES string of the molecule is Cc1cnc(NC(=O)CCSc2ccc(C#N)cc2)[nH]1. The van der Waals surface area contributed by atoms with Crippen LogP contribution in [0.3, 0.4) is 0 Å². The van der Waals surface area contributed by atoms with Crippen LogP contribution in [0, 0.1) is 18.3 Å². The third-order valence-corrected chi connectivity index (χ3v) is 3.56. The molecule has 0 bridgehead atoms. The van der Waals surface area contributed by atoms with Crippen molar-refractivity contribution in [3.05, 3.63) is 41.7 Å². The number of amides is 1. The maximum Gasteiger partial charge on any atom is 0.227 e. The number of rotatable bonds is 5. The Bertz CT molecular complexity index is 627. The molecule has 1 aromatic heterocycles. The van der Waals surface area contributed by atoms with Gasteiger partial charge < -0.3 is 4.98 Å². The Morgan fingerprint density at radius 1 is 1.45 bits per heavy atom. The van der Waals surface area contributed by atoms with E-state index in [4.69, 9.17) is 5.26 Å². The molecule has 0 fully saturated rings. The van der Waals surface area contributed by atoms with E-state index < -0.39 is 0 Å². The Kier molecular flexibility index (Phi) is 4.80. The van der Waals surface area contributed by atoms with Crippen LogP contribution in [-0.2, 0) is 4.79 Å². The minimum absolute atomic E-state index is 0.0690. The number of anilines is 1. The molecule has 2 aromatic rings. The van der Waals surface area contributed by atoms with Gasteiger partial charge in [0.25, 0.3) is 0 Å². The molecule has 2 N–H and O–H groups in total. The van der Waals surface area contributed by atoms with E-state index in [2.05, 4.69) is 21.4 Å². The fourth-order valence-corrected chi connectivity index (χ4v) is 2.41. The Hall–Kier alpha value is -2.26. The zero-order valence-corrected chi connectivity index (χ0v) is 11.8. The van der Waals surface area contributed by atoms with Gasteiger partial charge in [-0.2, -0.15) is 5.26 Å². The summed E-state index contributed by atoms with van der Waals surface area (Å²) in [6.45, 7) is 1.88. The van der Waals surface area contributed by atoms with Crippen LogP contribution < -0.4 is 5.32 Å². The van der Waals surface area contributed by atoms with E-state index in [-0.39, 0.29) is 5.91 Å². The number of thioether (sulfide) groups is 1. The molecule has 0 radical (unpaired) electrons. The topological polar surface area (TPSA) is 81.6 Å². The van der Waals surface area contributed by atoms with E-state index in [0.29, 0.717) is 23.7 Å². The fraction of sp³-hybridized carbons (Fsp3) is 0.214. The van der Waals surface area contributed by atoms with Gasteiger partial charge in [0.15, 0.2) is 0 Å². The van der Waals surface area contributed by atoms with Crippen molar-refractivity contribution in [1.82, 2.24) is 9.97 Å². The van der Waals surface area contributed by atoms with Crippen LogP contribution in [0.25, 0.3) is 0 Å². The third-order valence-electron chi connectivity index (χ3n) is 2.54. The summed E-state index contributed by atoms with van der Waals surface area (Å²) in [5.41, 5.74) is 1.55. The first kappa shape index (κ1) is 14.2. The second kappa shape index (κ2) is 6.78. The van der Waals surface area contributed by atoms with Crippen LogP contribution in [0.1, 0.15) is 17.7 Å². The maximum atomic E-state index is 11.7. The lowest BCUT2D eigenvalue weighted by molar-refractivity contribution is -0.115. The number of aromatic nitrogens is 2. The summed E-state index contributed by atoms with van der Waals surface area (Å²) in [6, 6.07) is 9.39. The van der Waals surface area contributed by atoms with Crippen molar-refractivity contribution >= 4 is 23.6 Å². The molecule has 0 atom stereocenters. The minimum atomic E-state index is -0.0690. The molecule has 20 heavy (non-hydrogen) atoms. The van der Waals surface area contributed by atoms with Crippen LogP contribution >= 0.6 is 11.8 Å².